The van der Waals surface area contributed by atoms with Crippen LogP contribution < -0.4 is 5.32 Å². The van der Waals surface area contributed by atoms with Gasteiger partial charge >= 0.3 is 6.09 Å². The summed E-state index contributed by atoms with van der Waals surface area (Å²) in [6.07, 6.45) is 1.74. The zero-order valence-corrected chi connectivity index (χ0v) is 11.5. The third-order valence-electron chi connectivity index (χ3n) is 3.18. The third-order valence-corrected chi connectivity index (χ3v) is 3.41. The van der Waals surface area contributed by atoms with Crippen LogP contribution in [0.15, 0.2) is 24.3 Å². The number of rotatable bonds is 4. The van der Waals surface area contributed by atoms with E-state index in [1.54, 1.807) is 0 Å². The highest BCUT2D eigenvalue weighted by Crippen LogP contribution is 2.48. The number of halogens is 1. The normalized spacial score (nSPS) is 16.4. The maximum atomic E-state index is 11.5. The Kier molecular flexibility index (Phi) is 3.81. The lowest BCUT2D eigenvalue weighted by molar-refractivity contribution is 0.132. The molecule has 1 aliphatic carbocycles. The number of nitrogens with one attached hydrogen (secondary N) is 1. The maximum absolute atomic E-state index is 11.5. The summed E-state index contributed by atoms with van der Waals surface area (Å²) in [6, 6.07) is 7.89. The Balaban J connectivity index is 1.95. The van der Waals surface area contributed by atoms with Gasteiger partial charge < -0.3 is 10.1 Å². The van der Waals surface area contributed by atoms with Gasteiger partial charge in [-0.3, -0.25) is 0 Å². The minimum Gasteiger partial charge on any atom is -0.449 e. The van der Waals surface area contributed by atoms with Gasteiger partial charge in [-0.1, -0.05) is 23.7 Å². The van der Waals surface area contributed by atoms with Gasteiger partial charge in [-0.15, -0.1) is 0 Å². The monoisotopic (exact) mass is 267 g/mol. The molecule has 0 aromatic heterocycles. The van der Waals surface area contributed by atoms with Crippen LogP contribution in [0.3, 0.4) is 0 Å². The van der Waals surface area contributed by atoms with Crippen molar-refractivity contribution in [2.24, 2.45) is 0 Å². The second kappa shape index (κ2) is 5.19. The fraction of sp³-hybridized carbons (Fsp3) is 0.500. The molecular formula is C14H18ClNO2. The molecule has 1 aromatic rings. The molecule has 3 nitrogen and oxygen atoms in total. The molecule has 0 heterocycles. The van der Waals surface area contributed by atoms with Crippen LogP contribution in [0.1, 0.15) is 32.3 Å². The summed E-state index contributed by atoms with van der Waals surface area (Å²) in [5.41, 5.74) is 1.14. The summed E-state index contributed by atoms with van der Waals surface area (Å²) in [5, 5.41) is 3.45. The van der Waals surface area contributed by atoms with Crippen molar-refractivity contribution in [3.8, 4) is 0 Å². The molecule has 0 atom stereocenters. The lowest BCUT2D eigenvalue weighted by Crippen LogP contribution is -2.32. The second-order valence-corrected chi connectivity index (χ2v) is 5.60. The Morgan fingerprint density at radius 3 is 2.78 bits per heavy atom. The number of amides is 1. The fourth-order valence-electron chi connectivity index (χ4n) is 1.97. The topological polar surface area (TPSA) is 38.3 Å². The molecule has 1 saturated carbocycles. The van der Waals surface area contributed by atoms with E-state index in [9.17, 15) is 4.79 Å². The molecule has 0 radical (unpaired) electrons. The lowest BCUT2D eigenvalue weighted by Gasteiger charge is -2.17. The van der Waals surface area contributed by atoms with Crippen molar-refractivity contribution in [2.75, 3.05) is 6.61 Å². The predicted molar refractivity (Wildman–Crippen MR) is 72.0 cm³/mol. The van der Waals surface area contributed by atoms with Crippen molar-refractivity contribution in [3.63, 3.8) is 0 Å². The van der Waals surface area contributed by atoms with Gasteiger partial charge in [0, 0.05) is 16.5 Å². The largest absolute Gasteiger partial charge is 0.449 e. The number of alkyl carbamates (subject to hydrolysis) is 1. The van der Waals surface area contributed by atoms with Crippen molar-refractivity contribution < 1.29 is 9.53 Å². The quantitative estimate of drug-likeness (QED) is 0.907. The minimum atomic E-state index is -0.349. The molecule has 0 saturated heterocycles. The van der Waals surface area contributed by atoms with E-state index in [1.165, 1.54) is 0 Å². The van der Waals surface area contributed by atoms with Crippen LogP contribution in [0.4, 0.5) is 4.79 Å². The van der Waals surface area contributed by atoms with Crippen molar-refractivity contribution in [1.82, 2.24) is 5.32 Å². The Labute approximate surface area is 112 Å². The van der Waals surface area contributed by atoms with Crippen LogP contribution in [0.25, 0.3) is 0 Å². The SMILES string of the molecule is CC(C)NC(=O)OCC1(c2cccc(Cl)c2)CC1. The van der Waals surface area contributed by atoms with E-state index in [2.05, 4.69) is 5.32 Å². The molecule has 0 aliphatic heterocycles. The smallest absolute Gasteiger partial charge is 0.407 e. The first kappa shape index (κ1) is 13.2. The fourth-order valence-corrected chi connectivity index (χ4v) is 2.16. The number of carbonyl (C=O) groups is 1. The molecule has 0 spiro atoms. The predicted octanol–water partition coefficient (Wildman–Crippen LogP) is 3.51. The number of ether oxygens (including phenoxy) is 1. The van der Waals surface area contributed by atoms with Gasteiger partial charge in [0.05, 0.1) is 0 Å². The van der Waals surface area contributed by atoms with Gasteiger partial charge in [0.1, 0.15) is 6.61 Å². The molecule has 0 bridgehead atoms. The zero-order valence-electron chi connectivity index (χ0n) is 10.7. The third kappa shape index (κ3) is 3.16. The first-order chi connectivity index (χ1) is 8.52. The highest BCUT2D eigenvalue weighted by Gasteiger charge is 2.45. The average molecular weight is 268 g/mol. The average Bonchev–Trinajstić information content (AvgIpc) is 3.06. The highest BCUT2D eigenvalue weighted by molar-refractivity contribution is 6.30. The van der Waals surface area contributed by atoms with Crippen molar-refractivity contribution in [2.45, 2.75) is 38.1 Å². The van der Waals surface area contributed by atoms with Crippen LogP contribution in [0.2, 0.25) is 5.02 Å². The standard InChI is InChI=1S/C14H18ClNO2/c1-10(2)16-13(17)18-9-14(6-7-14)11-4-3-5-12(15)8-11/h3-5,8,10H,6-7,9H2,1-2H3,(H,16,17). The summed E-state index contributed by atoms with van der Waals surface area (Å²) in [5.74, 6) is 0. The van der Waals surface area contributed by atoms with Gasteiger partial charge in [0.25, 0.3) is 0 Å². The Bertz CT molecular complexity index is 441. The van der Waals surface area contributed by atoms with E-state index in [-0.39, 0.29) is 17.6 Å². The van der Waals surface area contributed by atoms with E-state index in [1.807, 2.05) is 38.1 Å². The maximum Gasteiger partial charge on any atom is 0.407 e. The Hall–Kier alpha value is -1.22. The van der Waals surface area contributed by atoms with E-state index >= 15 is 0 Å². The first-order valence-electron chi connectivity index (χ1n) is 6.21. The Morgan fingerprint density at radius 2 is 2.22 bits per heavy atom. The van der Waals surface area contributed by atoms with Crippen LogP contribution in [0, 0.1) is 0 Å². The van der Waals surface area contributed by atoms with E-state index in [0.29, 0.717) is 6.61 Å². The van der Waals surface area contributed by atoms with Crippen LogP contribution in [0.5, 0.6) is 0 Å². The molecule has 1 N–H and O–H groups in total. The minimum absolute atomic E-state index is 0.0147. The molecule has 1 aromatic carbocycles. The molecule has 0 unspecified atom stereocenters. The van der Waals surface area contributed by atoms with Gasteiger partial charge in [-0.25, -0.2) is 4.79 Å². The van der Waals surface area contributed by atoms with Crippen LogP contribution in [-0.4, -0.2) is 18.7 Å². The summed E-state index contributed by atoms with van der Waals surface area (Å²) < 4.78 is 5.28. The van der Waals surface area contributed by atoms with Gasteiger partial charge in [-0.05, 0) is 44.4 Å². The molecule has 1 fully saturated rings. The molecular weight excluding hydrogens is 250 g/mol. The van der Waals surface area contributed by atoms with Gasteiger partial charge in [0.2, 0.25) is 0 Å². The summed E-state index contributed by atoms with van der Waals surface area (Å²) in [6.45, 7) is 4.24. The van der Waals surface area contributed by atoms with Crippen LogP contribution in [-0.2, 0) is 10.2 Å². The van der Waals surface area contributed by atoms with E-state index in [4.69, 9.17) is 16.3 Å². The number of hydrogen-bond acceptors (Lipinski definition) is 2. The molecule has 2 rings (SSSR count). The Morgan fingerprint density at radius 1 is 1.50 bits per heavy atom. The molecule has 1 aliphatic rings. The van der Waals surface area contributed by atoms with E-state index < -0.39 is 0 Å². The van der Waals surface area contributed by atoms with Gasteiger partial charge in [-0.2, -0.15) is 0 Å². The molecule has 1 amide bonds. The van der Waals surface area contributed by atoms with Crippen molar-refractivity contribution in [1.29, 1.82) is 0 Å². The summed E-state index contributed by atoms with van der Waals surface area (Å²) >= 11 is 5.99. The zero-order chi connectivity index (χ0) is 13.2. The molecule has 18 heavy (non-hydrogen) atoms. The molecule has 98 valence electrons. The number of hydrogen-bond donors (Lipinski definition) is 1. The van der Waals surface area contributed by atoms with E-state index in [0.717, 1.165) is 23.4 Å². The van der Waals surface area contributed by atoms with Crippen molar-refractivity contribution in [3.05, 3.63) is 34.9 Å². The van der Waals surface area contributed by atoms with Gasteiger partial charge in [0.15, 0.2) is 0 Å². The summed E-state index contributed by atoms with van der Waals surface area (Å²) in [7, 11) is 0. The first-order valence-corrected chi connectivity index (χ1v) is 6.59. The highest BCUT2D eigenvalue weighted by atomic mass is 35.5. The van der Waals surface area contributed by atoms with Crippen LogP contribution >= 0.6 is 11.6 Å². The lowest BCUT2D eigenvalue weighted by atomic mass is 9.97. The van der Waals surface area contributed by atoms with Crippen molar-refractivity contribution >= 4 is 17.7 Å². The second-order valence-electron chi connectivity index (χ2n) is 5.17. The number of carbonyl (C=O) groups excluding carboxylic acids is 1. The molecule has 4 heteroatoms. The summed E-state index contributed by atoms with van der Waals surface area (Å²) in [4.78, 5) is 11.5. The number of benzene rings is 1.